The van der Waals surface area contributed by atoms with Crippen LogP contribution in [0.5, 0.6) is 0 Å². The highest BCUT2D eigenvalue weighted by Crippen LogP contribution is 2.15. The summed E-state index contributed by atoms with van der Waals surface area (Å²) in [4.78, 5) is -0.105. The lowest BCUT2D eigenvalue weighted by Crippen LogP contribution is -1.96. The summed E-state index contributed by atoms with van der Waals surface area (Å²) in [6.07, 6.45) is 0. The van der Waals surface area contributed by atoms with Crippen LogP contribution in [-0.4, -0.2) is 30.3 Å². The van der Waals surface area contributed by atoms with E-state index in [1.165, 1.54) is 18.2 Å². The summed E-state index contributed by atoms with van der Waals surface area (Å²) in [5, 5.41) is 0. The Morgan fingerprint density at radius 2 is 1.92 bits per heavy atom. The summed E-state index contributed by atoms with van der Waals surface area (Å²) in [5.41, 5.74) is 0. The summed E-state index contributed by atoms with van der Waals surface area (Å²) in [7, 11) is -4.06. The van der Waals surface area contributed by atoms with Gasteiger partial charge >= 0.3 is 0 Å². The quantitative estimate of drug-likeness (QED) is 0.596. The van der Waals surface area contributed by atoms with Crippen LogP contribution in [0.15, 0.2) is 33.6 Å². The molecule has 66 valence electrons. The predicted octanol–water partition coefficient (Wildman–Crippen LogP) is 0.512. The van der Waals surface area contributed by atoms with E-state index in [9.17, 15) is 8.42 Å². The van der Waals surface area contributed by atoms with Crippen LogP contribution in [0, 0.1) is 0 Å². The van der Waals surface area contributed by atoms with Crippen LogP contribution in [0.25, 0.3) is 0 Å². The minimum Gasteiger partial charge on any atom is -0.282 e. The standard InChI is InChI=1S/C6H5BrO3S.Al.3H/c7-5-2-1-3-6(4-5)11(8,9)10;;;;/h1-4H,(H,8,9,10);;;;. The molecule has 12 heavy (non-hydrogen) atoms. The second-order valence-corrected chi connectivity index (χ2v) is 4.27. The van der Waals surface area contributed by atoms with Gasteiger partial charge in [-0.15, -0.1) is 0 Å². The zero-order valence-electron chi connectivity index (χ0n) is 5.36. The third-order valence-corrected chi connectivity index (χ3v) is 2.44. The van der Waals surface area contributed by atoms with E-state index in [0.717, 1.165) is 0 Å². The third kappa shape index (κ3) is 3.25. The van der Waals surface area contributed by atoms with Gasteiger partial charge in [0, 0.05) is 4.47 Å². The molecule has 0 saturated heterocycles. The molecule has 6 heteroatoms. The lowest BCUT2D eigenvalue weighted by atomic mass is 10.4. The van der Waals surface area contributed by atoms with Crippen molar-refractivity contribution in [1.82, 2.24) is 0 Å². The molecule has 3 nitrogen and oxygen atoms in total. The van der Waals surface area contributed by atoms with E-state index in [1.807, 2.05) is 0 Å². The van der Waals surface area contributed by atoms with Crippen molar-refractivity contribution in [3.8, 4) is 0 Å². The smallest absolute Gasteiger partial charge is 0.282 e. The predicted molar refractivity (Wildman–Crippen MR) is 53.9 cm³/mol. The fourth-order valence-electron chi connectivity index (χ4n) is 0.627. The van der Waals surface area contributed by atoms with E-state index in [0.29, 0.717) is 4.47 Å². The molecular weight excluding hydrogens is 259 g/mol. The summed E-state index contributed by atoms with van der Waals surface area (Å²) in [6.45, 7) is 0. The van der Waals surface area contributed by atoms with Crippen molar-refractivity contribution < 1.29 is 13.0 Å². The first kappa shape index (κ1) is 12.1. The van der Waals surface area contributed by atoms with E-state index in [4.69, 9.17) is 4.55 Å². The molecule has 0 fully saturated rings. The number of hydrogen-bond donors (Lipinski definition) is 1. The van der Waals surface area contributed by atoms with E-state index in [2.05, 4.69) is 15.9 Å². The second-order valence-electron chi connectivity index (χ2n) is 1.93. The Morgan fingerprint density at radius 3 is 2.25 bits per heavy atom. The molecule has 0 saturated carbocycles. The Bertz CT molecular complexity index is 363. The topological polar surface area (TPSA) is 54.4 Å². The van der Waals surface area contributed by atoms with Gasteiger partial charge in [0.1, 0.15) is 0 Å². The molecule has 1 aromatic rings. The maximum Gasteiger partial charge on any atom is 0.294 e. The lowest BCUT2D eigenvalue weighted by Gasteiger charge is -1.95. The van der Waals surface area contributed by atoms with Gasteiger partial charge in [-0.2, -0.15) is 8.42 Å². The summed E-state index contributed by atoms with van der Waals surface area (Å²) in [6, 6.07) is 5.86. The van der Waals surface area contributed by atoms with Crippen molar-refractivity contribution in [3.05, 3.63) is 28.7 Å². The van der Waals surface area contributed by atoms with Crippen molar-refractivity contribution in [2.45, 2.75) is 4.90 Å². The average Bonchev–Trinajstić information content (AvgIpc) is 1.86. The van der Waals surface area contributed by atoms with Crippen LogP contribution in [0.3, 0.4) is 0 Å². The Kier molecular flexibility index (Phi) is 4.45. The van der Waals surface area contributed by atoms with Gasteiger partial charge in [-0.3, -0.25) is 4.55 Å². The minimum absolute atomic E-state index is 0. The average molecular weight is 267 g/mol. The Morgan fingerprint density at radius 1 is 1.33 bits per heavy atom. The van der Waals surface area contributed by atoms with Crippen LogP contribution in [0.2, 0.25) is 0 Å². The van der Waals surface area contributed by atoms with Gasteiger partial charge in [0.25, 0.3) is 10.1 Å². The van der Waals surface area contributed by atoms with Gasteiger partial charge in [0.2, 0.25) is 0 Å². The SMILES string of the molecule is O=S(=O)(O)c1cccc(Br)c1.[AlH3]. The van der Waals surface area contributed by atoms with Crippen LogP contribution in [0.4, 0.5) is 0 Å². The molecule has 0 aromatic heterocycles. The monoisotopic (exact) mass is 266 g/mol. The van der Waals surface area contributed by atoms with Crippen LogP contribution in [0.1, 0.15) is 0 Å². The maximum atomic E-state index is 10.5. The fraction of sp³-hybridized carbons (Fsp3) is 0. The summed E-state index contributed by atoms with van der Waals surface area (Å²) >= 11 is 3.08. The molecule has 0 aliphatic heterocycles. The van der Waals surface area contributed by atoms with Crippen molar-refractivity contribution in [1.29, 1.82) is 0 Å². The molecule has 1 aromatic carbocycles. The minimum atomic E-state index is -4.06. The third-order valence-electron chi connectivity index (χ3n) is 1.09. The van der Waals surface area contributed by atoms with Gasteiger partial charge in [-0.1, -0.05) is 22.0 Å². The largest absolute Gasteiger partial charge is 0.294 e. The van der Waals surface area contributed by atoms with Gasteiger partial charge in [-0.25, -0.2) is 0 Å². The molecule has 0 aliphatic carbocycles. The van der Waals surface area contributed by atoms with E-state index in [-0.39, 0.29) is 22.3 Å². The first-order valence-corrected chi connectivity index (χ1v) is 4.96. The molecule has 0 bridgehead atoms. The number of benzene rings is 1. The lowest BCUT2D eigenvalue weighted by molar-refractivity contribution is 0.483. The van der Waals surface area contributed by atoms with Gasteiger partial charge in [0.15, 0.2) is 17.4 Å². The Balaban J connectivity index is 0.00000121. The highest BCUT2D eigenvalue weighted by atomic mass is 79.9. The molecule has 0 amide bonds. The Hall–Kier alpha value is 0.142. The van der Waals surface area contributed by atoms with Gasteiger partial charge < -0.3 is 0 Å². The van der Waals surface area contributed by atoms with Crippen LogP contribution >= 0.6 is 15.9 Å². The first-order valence-electron chi connectivity index (χ1n) is 2.73. The second kappa shape index (κ2) is 4.40. The highest BCUT2D eigenvalue weighted by molar-refractivity contribution is 9.10. The molecule has 0 spiro atoms. The summed E-state index contributed by atoms with van der Waals surface area (Å²) < 4.78 is 30.2. The van der Waals surface area contributed by atoms with E-state index < -0.39 is 10.1 Å². The summed E-state index contributed by atoms with van der Waals surface area (Å²) in [5.74, 6) is 0. The van der Waals surface area contributed by atoms with E-state index in [1.54, 1.807) is 6.07 Å². The zero-order valence-corrected chi connectivity index (χ0v) is 7.76. The molecule has 0 radical (unpaired) electrons. The normalized spacial score (nSPS) is 10.5. The van der Waals surface area contributed by atoms with E-state index >= 15 is 0 Å². The zero-order chi connectivity index (χ0) is 8.48. The highest BCUT2D eigenvalue weighted by Gasteiger charge is 2.07. The number of rotatable bonds is 1. The Labute approximate surface area is 89.8 Å². The molecule has 1 N–H and O–H groups in total. The van der Waals surface area contributed by atoms with Crippen LogP contribution < -0.4 is 0 Å². The van der Waals surface area contributed by atoms with Crippen molar-refractivity contribution in [3.63, 3.8) is 0 Å². The van der Waals surface area contributed by atoms with Gasteiger partial charge in [-0.05, 0) is 18.2 Å². The molecular formula is C6H8AlBrO3S. The maximum absolute atomic E-state index is 10.5. The number of hydrogen-bond acceptors (Lipinski definition) is 2. The van der Waals surface area contributed by atoms with Gasteiger partial charge in [0.05, 0.1) is 4.90 Å². The van der Waals surface area contributed by atoms with Crippen LogP contribution in [-0.2, 0) is 10.1 Å². The molecule has 1 rings (SSSR count). The van der Waals surface area contributed by atoms with Crippen molar-refractivity contribution >= 4 is 43.4 Å². The molecule has 0 unspecified atom stereocenters. The van der Waals surface area contributed by atoms with Crippen molar-refractivity contribution in [2.75, 3.05) is 0 Å². The fourth-order valence-corrected chi connectivity index (χ4v) is 1.70. The van der Waals surface area contributed by atoms with Crippen molar-refractivity contribution in [2.24, 2.45) is 0 Å². The molecule has 0 atom stereocenters. The first-order chi connectivity index (χ1) is 5.00. The molecule has 0 heterocycles. The molecule has 0 aliphatic rings. The number of halogens is 1.